The number of anilines is 6. The quantitative estimate of drug-likeness (QED) is 0.319. The number of nitrogens with zero attached hydrogens (tertiary/aromatic N) is 5. The van der Waals surface area contributed by atoms with Gasteiger partial charge >= 0.3 is 6.03 Å². The maximum Gasteiger partial charge on any atom is 0.321 e. The first-order valence-electron chi connectivity index (χ1n) is 12.6. The smallest absolute Gasteiger partial charge is 0.321 e. The lowest BCUT2D eigenvalue weighted by molar-refractivity contribution is 0.208. The number of benzene rings is 2. The van der Waals surface area contributed by atoms with Crippen LogP contribution < -0.4 is 20.9 Å². The van der Waals surface area contributed by atoms with Gasteiger partial charge in [0.1, 0.15) is 5.02 Å². The van der Waals surface area contributed by atoms with E-state index in [-0.39, 0.29) is 6.03 Å². The van der Waals surface area contributed by atoms with Crippen LogP contribution in [0.1, 0.15) is 11.1 Å². The molecular formula is C28H27ClN8O. The first kappa shape index (κ1) is 24.0. The van der Waals surface area contributed by atoms with E-state index in [0.29, 0.717) is 29.9 Å². The van der Waals surface area contributed by atoms with Crippen molar-refractivity contribution in [2.24, 2.45) is 0 Å². The predicted molar refractivity (Wildman–Crippen MR) is 151 cm³/mol. The normalized spacial score (nSPS) is 14.8. The van der Waals surface area contributed by atoms with Gasteiger partial charge in [-0.25, -0.2) is 9.78 Å². The molecule has 10 heteroatoms. The number of carbonyl (C=O) groups is 1. The Morgan fingerprint density at radius 2 is 1.74 bits per heavy atom. The summed E-state index contributed by atoms with van der Waals surface area (Å²) in [7, 11) is 0. The maximum absolute atomic E-state index is 13.2. The van der Waals surface area contributed by atoms with Crippen LogP contribution in [0.4, 0.5) is 39.3 Å². The second kappa shape index (κ2) is 10.5. The molecule has 6 rings (SSSR count). The summed E-state index contributed by atoms with van der Waals surface area (Å²) in [6, 6.07) is 18.1. The molecule has 9 nitrogen and oxygen atoms in total. The highest BCUT2D eigenvalue weighted by Crippen LogP contribution is 2.29. The number of aryl methyl sites for hydroxylation is 2. The Morgan fingerprint density at radius 1 is 0.895 bits per heavy atom. The van der Waals surface area contributed by atoms with E-state index in [1.807, 2.05) is 53.6 Å². The number of hydrogen-bond donors (Lipinski definition) is 3. The summed E-state index contributed by atoms with van der Waals surface area (Å²) in [5.41, 5.74) is 5.67. The van der Waals surface area contributed by atoms with E-state index in [1.165, 1.54) is 5.69 Å². The van der Waals surface area contributed by atoms with Gasteiger partial charge < -0.3 is 25.8 Å². The standard InChI is InChI=1S/C28H27ClN8O/c29-24-18-31-27-33-22-14-19(16-30-17-22)6-7-20-15-21(32-26(24)35-27)8-9-25(20)34-28(38)37-12-10-36(11-13-37)23-4-2-1-3-5-23/h1-5,8-9,14-18H,6-7,10-13H2,(H,34,38)(H2,31,32,33,35). The highest BCUT2D eigenvalue weighted by atomic mass is 35.5. The van der Waals surface area contributed by atoms with Crippen molar-refractivity contribution in [3.8, 4) is 0 Å². The van der Waals surface area contributed by atoms with Crippen LogP contribution in [-0.4, -0.2) is 52.1 Å². The third-order valence-corrected chi connectivity index (χ3v) is 7.05. The van der Waals surface area contributed by atoms with Crippen LogP contribution in [0.3, 0.4) is 0 Å². The number of aromatic nitrogens is 3. The van der Waals surface area contributed by atoms with E-state index in [9.17, 15) is 4.79 Å². The number of piperazine rings is 1. The Balaban J connectivity index is 1.22. The molecule has 2 amide bonds. The van der Waals surface area contributed by atoms with Crippen molar-refractivity contribution in [2.45, 2.75) is 12.8 Å². The fraction of sp³-hybridized carbons (Fsp3) is 0.214. The molecule has 4 aromatic rings. The van der Waals surface area contributed by atoms with Crippen molar-refractivity contribution in [1.82, 2.24) is 19.9 Å². The molecule has 192 valence electrons. The van der Waals surface area contributed by atoms with Crippen molar-refractivity contribution < 1.29 is 4.79 Å². The SMILES string of the molecule is O=C(Nc1ccc2cc1CCc1cncc(c1)Nc1ncc(Cl)c(n1)N2)N1CCN(c2ccccc2)CC1. The second-order valence-corrected chi connectivity index (χ2v) is 9.74. The number of urea groups is 1. The van der Waals surface area contributed by atoms with Crippen molar-refractivity contribution in [3.05, 3.63) is 89.3 Å². The van der Waals surface area contributed by atoms with Crippen LogP contribution in [-0.2, 0) is 12.8 Å². The summed E-state index contributed by atoms with van der Waals surface area (Å²) in [5.74, 6) is 0.915. The summed E-state index contributed by atoms with van der Waals surface area (Å²) < 4.78 is 0. The highest BCUT2D eigenvalue weighted by Gasteiger charge is 2.22. The third-order valence-electron chi connectivity index (χ3n) is 6.78. The van der Waals surface area contributed by atoms with Gasteiger partial charge in [-0.05, 0) is 60.4 Å². The lowest BCUT2D eigenvalue weighted by Gasteiger charge is -2.36. The summed E-state index contributed by atoms with van der Waals surface area (Å²) in [5, 5.41) is 10.1. The summed E-state index contributed by atoms with van der Waals surface area (Å²) in [4.78, 5) is 30.6. The minimum atomic E-state index is -0.0889. The van der Waals surface area contributed by atoms with Gasteiger partial charge in [-0.2, -0.15) is 4.98 Å². The Kier molecular flexibility index (Phi) is 6.66. The molecule has 2 aliphatic rings. The zero-order valence-electron chi connectivity index (χ0n) is 20.7. The molecule has 3 N–H and O–H groups in total. The molecule has 0 radical (unpaired) electrons. The van der Waals surface area contributed by atoms with Gasteiger partial charge in [0.15, 0.2) is 5.82 Å². The van der Waals surface area contributed by atoms with Crippen LogP contribution in [0.5, 0.6) is 0 Å². The molecule has 4 heterocycles. The van der Waals surface area contributed by atoms with Crippen LogP contribution in [0, 0.1) is 0 Å². The van der Waals surface area contributed by atoms with Crippen LogP contribution in [0.15, 0.2) is 73.2 Å². The molecule has 2 aromatic carbocycles. The molecule has 0 aliphatic carbocycles. The lowest BCUT2D eigenvalue weighted by Crippen LogP contribution is -2.50. The first-order valence-corrected chi connectivity index (χ1v) is 13.0. The first-order chi connectivity index (χ1) is 18.6. The number of rotatable bonds is 2. The largest absolute Gasteiger partial charge is 0.368 e. The molecule has 0 spiro atoms. The van der Waals surface area contributed by atoms with E-state index in [4.69, 9.17) is 11.6 Å². The number of pyridine rings is 1. The van der Waals surface area contributed by atoms with Crippen molar-refractivity contribution in [2.75, 3.05) is 47.0 Å². The molecule has 0 atom stereocenters. The van der Waals surface area contributed by atoms with Gasteiger partial charge in [-0.3, -0.25) is 4.98 Å². The number of fused-ring (bicyclic) bond motifs is 6. The minimum Gasteiger partial charge on any atom is -0.368 e. The molecule has 38 heavy (non-hydrogen) atoms. The molecule has 6 bridgehead atoms. The highest BCUT2D eigenvalue weighted by molar-refractivity contribution is 6.32. The summed E-state index contributed by atoms with van der Waals surface area (Å²) >= 11 is 6.37. The fourth-order valence-electron chi connectivity index (χ4n) is 4.75. The van der Waals surface area contributed by atoms with E-state index in [2.05, 4.69) is 47.9 Å². The van der Waals surface area contributed by atoms with Gasteiger partial charge in [0, 0.05) is 49.4 Å². The van der Waals surface area contributed by atoms with Gasteiger partial charge in [-0.15, -0.1) is 0 Å². The van der Waals surface area contributed by atoms with E-state index < -0.39 is 0 Å². The maximum atomic E-state index is 13.2. The molecule has 2 aliphatic heterocycles. The zero-order chi connectivity index (χ0) is 25.9. The monoisotopic (exact) mass is 526 g/mol. The van der Waals surface area contributed by atoms with E-state index >= 15 is 0 Å². The number of para-hydroxylation sites is 1. The van der Waals surface area contributed by atoms with Crippen molar-refractivity contribution >= 4 is 52.1 Å². The molecule has 1 saturated heterocycles. The average molecular weight is 527 g/mol. The molecule has 2 aromatic heterocycles. The van der Waals surface area contributed by atoms with Gasteiger partial charge in [-0.1, -0.05) is 29.8 Å². The predicted octanol–water partition coefficient (Wildman–Crippen LogP) is 5.46. The topological polar surface area (TPSA) is 98.3 Å². The van der Waals surface area contributed by atoms with Crippen molar-refractivity contribution in [1.29, 1.82) is 0 Å². The number of nitrogens with one attached hydrogen (secondary N) is 3. The number of halogens is 1. The van der Waals surface area contributed by atoms with Gasteiger partial charge in [0.05, 0.1) is 18.1 Å². The Labute approximate surface area is 225 Å². The Hall–Kier alpha value is -4.37. The van der Waals surface area contributed by atoms with Crippen LogP contribution >= 0.6 is 11.6 Å². The summed E-state index contributed by atoms with van der Waals surface area (Å²) in [6.45, 7) is 2.92. The van der Waals surface area contributed by atoms with E-state index in [1.54, 1.807) is 12.4 Å². The molecule has 0 saturated carbocycles. The molecular weight excluding hydrogens is 500 g/mol. The molecule has 0 unspecified atom stereocenters. The van der Waals surface area contributed by atoms with Crippen LogP contribution in [0.25, 0.3) is 0 Å². The minimum absolute atomic E-state index is 0.0889. The number of hydrogen-bond acceptors (Lipinski definition) is 7. The van der Waals surface area contributed by atoms with Gasteiger partial charge in [0.25, 0.3) is 0 Å². The number of amides is 2. The van der Waals surface area contributed by atoms with Gasteiger partial charge in [0.2, 0.25) is 5.95 Å². The average Bonchev–Trinajstić information content (AvgIpc) is 2.95. The fourth-order valence-corrected chi connectivity index (χ4v) is 4.89. The third kappa shape index (κ3) is 5.33. The van der Waals surface area contributed by atoms with E-state index in [0.717, 1.165) is 54.1 Å². The zero-order valence-corrected chi connectivity index (χ0v) is 21.4. The second-order valence-electron chi connectivity index (χ2n) is 9.33. The Morgan fingerprint density at radius 3 is 2.58 bits per heavy atom. The Bertz CT molecular complexity index is 1460. The van der Waals surface area contributed by atoms with Crippen LogP contribution in [0.2, 0.25) is 5.02 Å². The van der Waals surface area contributed by atoms with Crippen molar-refractivity contribution in [3.63, 3.8) is 0 Å². The lowest BCUT2D eigenvalue weighted by atomic mass is 10.0. The summed E-state index contributed by atoms with van der Waals surface area (Å²) in [6.07, 6.45) is 6.62. The number of carbonyl (C=O) groups excluding carboxylic acids is 1. The molecule has 1 fully saturated rings.